The van der Waals surface area contributed by atoms with Crippen molar-refractivity contribution in [2.24, 2.45) is 5.73 Å². The summed E-state index contributed by atoms with van der Waals surface area (Å²) < 4.78 is 12.6. The van der Waals surface area contributed by atoms with Crippen LogP contribution in [0.25, 0.3) is 21.3 Å². The number of ether oxygens (including phenoxy) is 1. The number of hydrogen-bond acceptors (Lipinski definition) is 7. The molecular weight excluding hydrogens is 430 g/mol. The van der Waals surface area contributed by atoms with Crippen LogP contribution in [0.5, 0.6) is 10.9 Å². The highest BCUT2D eigenvalue weighted by Crippen LogP contribution is 2.35. The van der Waals surface area contributed by atoms with E-state index >= 15 is 0 Å². The second-order valence-electron chi connectivity index (χ2n) is 8.05. The Balaban J connectivity index is 1.25. The van der Waals surface area contributed by atoms with Gasteiger partial charge in [0.2, 0.25) is 0 Å². The molecular formula is C22H19N5O4S. The molecule has 9 nitrogen and oxygen atoms in total. The molecule has 3 amide bonds. The quantitative estimate of drug-likeness (QED) is 0.511. The first kappa shape index (κ1) is 19.1. The highest BCUT2D eigenvalue weighted by atomic mass is 32.1. The molecule has 2 fully saturated rings. The predicted octanol–water partition coefficient (Wildman–Crippen LogP) is 3.60. The molecule has 0 unspecified atom stereocenters. The van der Waals surface area contributed by atoms with Crippen LogP contribution in [0.15, 0.2) is 47.2 Å². The van der Waals surface area contributed by atoms with Crippen molar-refractivity contribution in [2.75, 3.05) is 13.1 Å². The summed E-state index contributed by atoms with van der Waals surface area (Å²) in [6, 6.07) is 8.71. The first-order valence-corrected chi connectivity index (χ1v) is 11.2. The maximum Gasteiger partial charge on any atom is 0.314 e. The van der Waals surface area contributed by atoms with E-state index in [1.807, 2.05) is 23.1 Å². The van der Waals surface area contributed by atoms with Crippen LogP contribution < -0.4 is 10.5 Å². The number of fused-ring (bicyclic) bond motifs is 4. The lowest BCUT2D eigenvalue weighted by Crippen LogP contribution is -2.58. The SMILES string of the molecule is NC(=O)N1C[C@H]2CC[C@@H](C1)N2C(=O)c1coc2cc(Oc3nc4ncccc4s3)ccc12. The predicted molar refractivity (Wildman–Crippen MR) is 118 cm³/mol. The molecule has 0 saturated carbocycles. The van der Waals surface area contributed by atoms with Crippen molar-refractivity contribution in [3.05, 3.63) is 48.4 Å². The number of primary amides is 1. The number of pyridine rings is 1. The number of carbonyl (C=O) groups excluding carboxylic acids is 2. The Morgan fingerprint density at radius 2 is 2.00 bits per heavy atom. The zero-order chi connectivity index (χ0) is 21.8. The lowest BCUT2D eigenvalue weighted by molar-refractivity contribution is 0.0490. The molecule has 2 aliphatic heterocycles. The van der Waals surface area contributed by atoms with Gasteiger partial charge in [0.15, 0.2) is 5.65 Å². The topological polar surface area (TPSA) is 115 Å². The van der Waals surface area contributed by atoms with Gasteiger partial charge in [0.25, 0.3) is 11.1 Å². The zero-order valence-electron chi connectivity index (χ0n) is 16.9. The molecule has 0 radical (unpaired) electrons. The molecule has 4 aromatic rings. The number of likely N-dealkylation sites (tertiary alicyclic amines) is 1. The third-order valence-corrected chi connectivity index (χ3v) is 7.04. The summed E-state index contributed by atoms with van der Waals surface area (Å²) in [5.74, 6) is 0.492. The number of furan rings is 1. The molecule has 2 N–H and O–H groups in total. The third-order valence-electron chi connectivity index (χ3n) is 6.16. The minimum atomic E-state index is -0.431. The van der Waals surface area contributed by atoms with E-state index in [2.05, 4.69) is 9.97 Å². The molecule has 2 saturated heterocycles. The van der Waals surface area contributed by atoms with Crippen LogP contribution in [0.3, 0.4) is 0 Å². The number of piperazine rings is 1. The van der Waals surface area contributed by atoms with E-state index in [1.165, 1.54) is 17.6 Å². The van der Waals surface area contributed by atoms with Gasteiger partial charge < -0.3 is 24.7 Å². The monoisotopic (exact) mass is 449 g/mol. The Kier molecular flexibility index (Phi) is 4.29. The van der Waals surface area contributed by atoms with Crippen molar-refractivity contribution >= 4 is 44.6 Å². The fourth-order valence-corrected chi connectivity index (χ4v) is 5.48. The minimum absolute atomic E-state index is 0.0195. The number of hydrogen-bond donors (Lipinski definition) is 1. The van der Waals surface area contributed by atoms with E-state index < -0.39 is 6.03 Å². The number of aromatic nitrogens is 2. The van der Waals surface area contributed by atoms with Crippen LogP contribution in [-0.2, 0) is 0 Å². The largest absolute Gasteiger partial charge is 0.463 e. The van der Waals surface area contributed by atoms with Gasteiger partial charge in [-0.15, -0.1) is 0 Å². The lowest BCUT2D eigenvalue weighted by atomic mass is 10.1. The van der Waals surface area contributed by atoms with E-state index in [9.17, 15) is 9.59 Å². The molecule has 2 bridgehead atoms. The summed E-state index contributed by atoms with van der Waals surface area (Å²) in [7, 11) is 0. The molecule has 6 rings (SSSR count). The first-order chi connectivity index (χ1) is 15.6. The average Bonchev–Trinajstić information content (AvgIpc) is 3.46. The molecule has 32 heavy (non-hydrogen) atoms. The lowest BCUT2D eigenvalue weighted by Gasteiger charge is -2.40. The molecule has 5 heterocycles. The normalized spacial score (nSPS) is 20.2. The van der Waals surface area contributed by atoms with E-state index in [0.29, 0.717) is 40.8 Å². The summed E-state index contributed by atoms with van der Waals surface area (Å²) in [5.41, 5.74) is 7.17. The number of urea groups is 1. The van der Waals surface area contributed by atoms with E-state index in [-0.39, 0.29) is 18.0 Å². The second-order valence-corrected chi connectivity index (χ2v) is 9.05. The van der Waals surface area contributed by atoms with Crippen LogP contribution in [0.1, 0.15) is 23.2 Å². The maximum absolute atomic E-state index is 13.4. The average molecular weight is 449 g/mol. The van der Waals surface area contributed by atoms with Gasteiger partial charge in [-0.25, -0.2) is 9.78 Å². The smallest absolute Gasteiger partial charge is 0.314 e. The Morgan fingerprint density at radius 1 is 1.19 bits per heavy atom. The fourth-order valence-electron chi connectivity index (χ4n) is 4.68. The molecule has 2 aliphatic rings. The highest BCUT2D eigenvalue weighted by Gasteiger charge is 2.44. The molecule has 10 heteroatoms. The fraction of sp³-hybridized carbons (Fsp3) is 0.273. The summed E-state index contributed by atoms with van der Waals surface area (Å²) in [6.45, 7) is 0.949. The summed E-state index contributed by atoms with van der Waals surface area (Å²) in [6.07, 6.45) is 4.92. The van der Waals surface area contributed by atoms with Crippen molar-refractivity contribution < 1.29 is 18.7 Å². The van der Waals surface area contributed by atoms with Gasteiger partial charge in [-0.1, -0.05) is 11.3 Å². The Bertz CT molecular complexity index is 1320. The molecule has 0 spiro atoms. The van der Waals surface area contributed by atoms with Crippen LogP contribution >= 0.6 is 11.3 Å². The van der Waals surface area contributed by atoms with Crippen LogP contribution in [0, 0.1) is 0 Å². The number of amides is 3. The Morgan fingerprint density at radius 3 is 2.75 bits per heavy atom. The van der Waals surface area contributed by atoms with Gasteiger partial charge in [0, 0.05) is 30.7 Å². The van der Waals surface area contributed by atoms with Crippen LogP contribution in [0.4, 0.5) is 4.79 Å². The van der Waals surface area contributed by atoms with Crippen molar-refractivity contribution in [3.63, 3.8) is 0 Å². The molecule has 3 aromatic heterocycles. The Hall–Kier alpha value is -3.66. The first-order valence-electron chi connectivity index (χ1n) is 10.3. The van der Waals surface area contributed by atoms with Gasteiger partial charge in [0.1, 0.15) is 17.6 Å². The van der Waals surface area contributed by atoms with Crippen molar-refractivity contribution in [2.45, 2.75) is 24.9 Å². The van der Waals surface area contributed by atoms with Crippen LogP contribution in [0.2, 0.25) is 0 Å². The van der Waals surface area contributed by atoms with Crippen molar-refractivity contribution in [1.82, 2.24) is 19.8 Å². The standard InChI is InChI=1S/C22H19N5O4S/c23-21(29)26-9-12-3-4-13(10-26)27(12)20(28)16-11-30-17-8-14(5-6-15(16)17)31-22-25-19-18(32-22)2-1-7-24-19/h1-2,5-8,11-13H,3-4,9-10H2,(H2,23,29)/t12-,13+. The van der Waals surface area contributed by atoms with E-state index in [4.69, 9.17) is 14.9 Å². The maximum atomic E-state index is 13.4. The van der Waals surface area contributed by atoms with Crippen LogP contribution in [-0.4, -0.2) is 56.9 Å². The molecule has 2 atom stereocenters. The van der Waals surface area contributed by atoms with Crippen molar-refractivity contribution in [1.29, 1.82) is 0 Å². The Labute approximate surface area is 186 Å². The summed E-state index contributed by atoms with van der Waals surface area (Å²) in [5, 5.41) is 1.22. The summed E-state index contributed by atoms with van der Waals surface area (Å²) >= 11 is 1.41. The number of nitrogens with zero attached hydrogens (tertiary/aromatic N) is 4. The second kappa shape index (κ2) is 7.20. The van der Waals surface area contributed by atoms with Gasteiger partial charge in [-0.3, -0.25) is 4.79 Å². The molecule has 0 aliphatic carbocycles. The number of benzene rings is 1. The van der Waals surface area contributed by atoms with E-state index in [0.717, 1.165) is 22.9 Å². The van der Waals surface area contributed by atoms with E-state index in [1.54, 1.807) is 23.2 Å². The molecule has 162 valence electrons. The number of carbonyl (C=O) groups is 2. The van der Waals surface area contributed by atoms with Gasteiger partial charge in [0.05, 0.1) is 22.3 Å². The van der Waals surface area contributed by atoms with Gasteiger partial charge in [-0.05, 0) is 37.1 Å². The highest BCUT2D eigenvalue weighted by molar-refractivity contribution is 7.20. The third kappa shape index (κ3) is 3.06. The number of nitrogens with two attached hydrogens (primary N) is 1. The number of thiazole rings is 1. The number of rotatable bonds is 3. The van der Waals surface area contributed by atoms with Gasteiger partial charge in [-0.2, -0.15) is 4.98 Å². The van der Waals surface area contributed by atoms with Gasteiger partial charge >= 0.3 is 6.03 Å². The minimum Gasteiger partial charge on any atom is -0.463 e. The summed E-state index contributed by atoms with van der Waals surface area (Å²) in [4.78, 5) is 37.1. The molecule has 1 aromatic carbocycles. The zero-order valence-corrected chi connectivity index (χ0v) is 17.7. The van der Waals surface area contributed by atoms with Crippen molar-refractivity contribution in [3.8, 4) is 10.9 Å².